The topological polar surface area (TPSA) is 72.2 Å². The van der Waals surface area contributed by atoms with E-state index in [4.69, 9.17) is 5.73 Å². The molecule has 0 atom stereocenters. The molecule has 0 bridgehead atoms. The normalized spacial score (nSPS) is 11.7. The first-order chi connectivity index (χ1) is 9.03. The third-order valence-electron chi connectivity index (χ3n) is 2.54. The molecule has 0 aliphatic heterocycles. The highest BCUT2D eigenvalue weighted by Gasteiger charge is 2.16. The molecule has 2 aromatic rings. The average molecular weight is 300 g/mol. The van der Waals surface area contributed by atoms with Crippen LogP contribution >= 0.6 is 11.3 Å². The van der Waals surface area contributed by atoms with Crippen molar-refractivity contribution in [3.63, 3.8) is 0 Å². The van der Waals surface area contributed by atoms with Crippen molar-refractivity contribution < 1.29 is 12.8 Å². The Labute approximate surface area is 115 Å². The molecule has 0 aliphatic rings. The Morgan fingerprint density at radius 2 is 2.05 bits per heavy atom. The fourth-order valence-electron chi connectivity index (χ4n) is 1.49. The molecule has 1 heterocycles. The summed E-state index contributed by atoms with van der Waals surface area (Å²) in [6, 6.07) is 7.57. The highest BCUT2D eigenvalue weighted by molar-refractivity contribution is 7.91. The summed E-state index contributed by atoms with van der Waals surface area (Å²) in [6.45, 7) is 0.212. The van der Waals surface area contributed by atoms with Crippen LogP contribution in [0.1, 0.15) is 11.1 Å². The van der Waals surface area contributed by atoms with Crippen molar-refractivity contribution in [1.82, 2.24) is 4.72 Å². The number of nitrogens with one attached hydrogen (secondary N) is 1. The summed E-state index contributed by atoms with van der Waals surface area (Å²) in [6.07, 6.45) is 0. The number of benzene rings is 1. The fraction of sp³-hybridized carbons (Fsp3) is 0.167. The zero-order valence-electron chi connectivity index (χ0n) is 9.97. The lowest BCUT2D eigenvalue weighted by atomic mass is 10.2. The van der Waals surface area contributed by atoms with E-state index in [0.717, 1.165) is 16.9 Å². The highest BCUT2D eigenvalue weighted by atomic mass is 32.2. The molecule has 1 aromatic carbocycles. The van der Waals surface area contributed by atoms with Crippen molar-refractivity contribution in [2.24, 2.45) is 5.73 Å². The van der Waals surface area contributed by atoms with Crippen LogP contribution in [0, 0.1) is 5.82 Å². The van der Waals surface area contributed by atoms with Gasteiger partial charge < -0.3 is 5.73 Å². The average Bonchev–Trinajstić information content (AvgIpc) is 2.87. The van der Waals surface area contributed by atoms with E-state index in [1.54, 1.807) is 17.5 Å². The van der Waals surface area contributed by atoms with Crippen molar-refractivity contribution in [3.05, 3.63) is 52.7 Å². The van der Waals surface area contributed by atoms with Crippen molar-refractivity contribution in [1.29, 1.82) is 0 Å². The molecule has 19 heavy (non-hydrogen) atoms. The van der Waals surface area contributed by atoms with Crippen LogP contribution in [0.15, 0.2) is 39.9 Å². The fourth-order valence-corrected chi connectivity index (χ4v) is 3.76. The number of halogens is 1. The summed E-state index contributed by atoms with van der Waals surface area (Å²) in [5.41, 5.74) is 6.50. The molecule has 4 nitrogen and oxygen atoms in total. The third-order valence-corrected chi connectivity index (χ3v) is 5.43. The van der Waals surface area contributed by atoms with Crippen LogP contribution in [0.3, 0.4) is 0 Å². The lowest BCUT2D eigenvalue weighted by Crippen LogP contribution is -2.22. The number of hydrogen-bond donors (Lipinski definition) is 2. The minimum atomic E-state index is -3.62. The highest BCUT2D eigenvalue weighted by Crippen LogP contribution is 2.20. The van der Waals surface area contributed by atoms with Crippen molar-refractivity contribution in [2.75, 3.05) is 0 Å². The number of sulfonamides is 1. The van der Waals surface area contributed by atoms with Crippen LogP contribution in [0.5, 0.6) is 0 Å². The second kappa shape index (κ2) is 5.79. The largest absolute Gasteiger partial charge is 0.326 e. The van der Waals surface area contributed by atoms with E-state index in [9.17, 15) is 12.8 Å². The standard InChI is InChI=1S/C12H13FN2O2S2/c13-11-4-2-1-3-10(11)7-15-19(16,17)12-5-9(6-14)8-18-12/h1-5,8,15H,6-7,14H2. The molecule has 0 aliphatic carbocycles. The van der Waals surface area contributed by atoms with E-state index in [2.05, 4.69) is 4.72 Å². The van der Waals surface area contributed by atoms with E-state index in [-0.39, 0.29) is 10.8 Å². The van der Waals surface area contributed by atoms with Gasteiger partial charge >= 0.3 is 0 Å². The first-order valence-corrected chi connectivity index (χ1v) is 7.90. The minimum Gasteiger partial charge on any atom is -0.326 e. The molecule has 2 rings (SSSR count). The van der Waals surface area contributed by atoms with Gasteiger partial charge in [0.15, 0.2) is 0 Å². The number of thiophene rings is 1. The maximum Gasteiger partial charge on any atom is 0.250 e. The van der Waals surface area contributed by atoms with Crippen LogP contribution in [-0.2, 0) is 23.1 Å². The van der Waals surface area contributed by atoms with Gasteiger partial charge in [0.05, 0.1) is 0 Å². The Morgan fingerprint density at radius 3 is 2.68 bits per heavy atom. The maximum atomic E-state index is 13.4. The second-order valence-corrected chi connectivity index (χ2v) is 6.80. The maximum absolute atomic E-state index is 13.4. The third kappa shape index (κ3) is 3.38. The predicted octanol–water partition coefficient (Wildman–Crippen LogP) is 1.82. The van der Waals surface area contributed by atoms with Gasteiger partial charge in [-0.1, -0.05) is 18.2 Å². The molecule has 0 saturated heterocycles. The van der Waals surface area contributed by atoms with Gasteiger partial charge in [0.1, 0.15) is 10.0 Å². The molecule has 0 spiro atoms. The summed E-state index contributed by atoms with van der Waals surface area (Å²) in [5.74, 6) is -0.431. The number of rotatable bonds is 5. The second-order valence-electron chi connectivity index (χ2n) is 3.89. The van der Waals surface area contributed by atoms with E-state index in [1.165, 1.54) is 18.2 Å². The molecular weight excluding hydrogens is 287 g/mol. The van der Waals surface area contributed by atoms with E-state index in [1.807, 2.05) is 0 Å². The summed E-state index contributed by atoms with van der Waals surface area (Å²) in [4.78, 5) is 0. The van der Waals surface area contributed by atoms with E-state index < -0.39 is 15.8 Å². The number of nitrogens with two attached hydrogens (primary N) is 1. The Kier molecular flexibility index (Phi) is 4.31. The van der Waals surface area contributed by atoms with Gasteiger partial charge in [-0.05, 0) is 23.1 Å². The van der Waals surface area contributed by atoms with Crippen molar-refractivity contribution in [2.45, 2.75) is 17.3 Å². The molecule has 0 fully saturated rings. The summed E-state index contributed by atoms with van der Waals surface area (Å²) in [5, 5.41) is 1.69. The Bertz CT molecular complexity index is 668. The lowest BCUT2D eigenvalue weighted by Gasteiger charge is -2.05. The van der Waals surface area contributed by atoms with Gasteiger partial charge in [0.2, 0.25) is 10.0 Å². The van der Waals surface area contributed by atoms with Gasteiger partial charge in [-0.3, -0.25) is 0 Å². The van der Waals surface area contributed by atoms with Crippen molar-refractivity contribution in [3.8, 4) is 0 Å². The molecule has 0 unspecified atom stereocenters. The van der Waals surface area contributed by atoms with Gasteiger partial charge in [-0.15, -0.1) is 11.3 Å². The summed E-state index contributed by atoms with van der Waals surface area (Å²) in [7, 11) is -3.62. The van der Waals surface area contributed by atoms with Gasteiger partial charge in [-0.25, -0.2) is 17.5 Å². The van der Waals surface area contributed by atoms with E-state index >= 15 is 0 Å². The molecule has 0 saturated carbocycles. The zero-order chi connectivity index (χ0) is 13.9. The lowest BCUT2D eigenvalue weighted by molar-refractivity contribution is 0.576. The van der Waals surface area contributed by atoms with Crippen LogP contribution in [0.25, 0.3) is 0 Å². The molecule has 0 radical (unpaired) electrons. The minimum absolute atomic E-state index is 0.0785. The smallest absolute Gasteiger partial charge is 0.250 e. The molecular formula is C12H13FN2O2S2. The van der Waals surface area contributed by atoms with E-state index in [0.29, 0.717) is 12.1 Å². The van der Waals surface area contributed by atoms with Gasteiger partial charge in [0.25, 0.3) is 0 Å². The van der Waals surface area contributed by atoms with Crippen LogP contribution < -0.4 is 10.5 Å². The molecule has 1 aromatic heterocycles. The first kappa shape index (κ1) is 14.1. The number of hydrogen-bond acceptors (Lipinski definition) is 4. The van der Waals surface area contributed by atoms with Crippen molar-refractivity contribution >= 4 is 21.4 Å². The first-order valence-electron chi connectivity index (χ1n) is 5.53. The molecule has 3 N–H and O–H groups in total. The van der Waals surface area contributed by atoms with Crippen LogP contribution in [-0.4, -0.2) is 8.42 Å². The Morgan fingerprint density at radius 1 is 1.32 bits per heavy atom. The summed E-state index contributed by atoms with van der Waals surface area (Å²) < 4.78 is 39.9. The Balaban J connectivity index is 2.12. The van der Waals surface area contributed by atoms with Gasteiger partial charge in [0, 0.05) is 18.7 Å². The molecule has 7 heteroatoms. The SMILES string of the molecule is NCc1csc(S(=O)(=O)NCc2ccccc2F)c1. The zero-order valence-corrected chi connectivity index (χ0v) is 11.6. The quantitative estimate of drug-likeness (QED) is 0.885. The van der Waals surface area contributed by atoms with Crippen LogP contribution in [0.2, 0.25) is 0 Å². The molecule has 102 valence electrons. The summed E-state index contributed by atoms with van der Waals surface area (Å²) >= 11 is 1.10. The molecule has 0 amide bonds. The Hall–Kier alpha value is -1.28. The van der Waals surface area contributed by atoms with Gasteiger partial charge in [-0.2, -0.15) is 0 Å². The monoisotopic (exact) mass is 300 g/mol. The van der Waals surface area contributed by atoms with Crippen LogP contribution in [0.4, 0.5) is 4.39 Å². The predicted molar refractivity (Wildman–Crippen MR) is 72.6 cm³/mol.